The number of hydrogen-bond acceptors (Lipinski definition) is 6. The van der Waals surface area contributed by atoms with Gasteiger partial charge in [0, 0.05) is 53.4 Å². The molecular weight excluding hydrogens is 527 g/mol. The Balaban J connectivity index is 0.000000249. The van der Waals surface area contributed by atoms with Crippen LogP contribution >= 0.6 is 11.8 Å². The van der Waals surface area contributed by atoms with Gasteiger partial charge in [0.05, 0.1) is 23.5 Å². The van der Waals surface area contributed by atoms with Crippen LogP contribution in [-0.4, -0.2) is 49.1 Å². The number of fused-ring (bicyclic) bond motifs is 1. The summed E-state index contributed by atoms with van der Waals surface area (Å²) in [6.45, 7) is 11.4. The van der Waals surface area contributed by atoms with Gasteiger partial charge in [-0.1, -0.05) is 37.7 Å². The fourth-order valence-corrected chi connectivity index (χ4v) is 5.06. The largest absolute Gasteiger partial charge is 0.444 e. The molecule has 212 valence electrons. The van der Waals surface area contributed by atoms with Crippen molar-refractivity contribution in [2.24, 2.45) is 7.05 Å². The minimum atomic E-state index is -0.367. The van der Waals surface area contributed by atoms with Crippen molar-refractivity contribution in [1.29, 1.82) is 5.26 Å². The zero-order valence-electron chi connectivity index (χ0n) is 24.0. The van der Waals surface area contributed by atoms with Crippen molar-refractivity contribution < 1.29 is 13.9 Å². The number of aromatic nitrogens is 4. The third-order valence-electron chi connectivity index (χ3n) is 5.80. The number of amides is 1. The predicted octanol–water partition coefficient (Wildman–Crippen LogP) is 7.33. The van der Waals surface area contributed by atoms with E-state index >= 15 is 0 Å². The Morgan fingerprint density at radius 1 is 1.02 bits per heavy atom. The van der Waals surface area contributed by atoms with E-state index in [0.29, 0.717) is 16.0 Å². The van der Waals surface area contributed by atoms with Crippen LogP contribution in [0, 0.1) is 17.1 Å². The standard InChI is InChI=1S/C18H12FN5S.C10H19NO2.C2H6/c1-23-10-14(9-21-23)12-6-17(25-16-5-3-2-4-15(16)19)18-13(7-20)8-22-24(18)11-12;1-10(2,3)13-9(12)11-7-5-4-6-8-11;1-2/h2-6,8-11H,1H3;4-8H2,1-3H3;1-2H3. The number of carbonyl (C=O) groups is 1. The molecule has 0 N–H and O–H groups in total. The van der Waals surface area contributed by atoms with E-state index in [-0.39, 0.29) is 17.5 Å². The molecule has 1 aromatic carbocycles. The molecule has 1 amide bonds. The number of aryl methyl sites for hydroxylation is 1. The normalized spacial score (nSPS) is 13.0. The number of nitriles is 1. The Morgan fingerprint density at radius 2 is 1.73 bits per heavy atom. The number of carbonyl (C=O) groups excluding carboxylic acids is 1. The van der Waals surface area contributed by atoms with Crippen molar-refractivity contribution >= 4 is 23.4 Å². The average molecular weight is 565 g/mol. The van der Waals surface area contributed by atoms with E-state index in [1.54, 1.807) is 38.5 Å². The van der Waals surface area contributed by atoms with Crippen molar-refractivity contribution in [3.8, 4) is 17.2 Å². The van der Waals surface area contributed by atoms with Gasteiger partial charge in [0.25, 0.3) is 0 Å². The molecule has 0 bridgehead atoms. The molecule has 0 aliphatic carbocycles. The molecule has 40 heavy (non-hydrogen) atoms. The number of hydrogen-bond donors (Lipinski definition) is 0. The first-order valence-electron chi connectivity index (χ1n) is 13.5. The highest BCUT2D eigenvalue weighted by Gasteiger charge is 2.23. The van der Waals surface area contributed by atoms with Gasteiger partial charge in [-0.2, -0.15) is 15.5 Å². The van der Waals surface area contributed by atoms with Crippen LogP contribution in [0.3, 0.4) is 0 Å². The predicted molar refractivity (Wildman–Crippen MR) is 156 cm³/mol. The zero-order chi connectivity index (χ0) is 29.3. The Bertz CT molecular complexity index is 1460. The summed E-state index contributed by atoms with van der Waals surface area (Å²) >= 11 is 1.28. The van der Waals surface area contributed by atoms with Crippen molar-refractivity contribution in [2.45, 2.75) is 69.3 Å². The van der Waals surface area contributed by atoms with E-state index in [2.05, 4.69) is 16.3 Å². The van der Waals surface area contributed by atoms with Gasteiger partial charge in [-0.25, -0.2) is 13.7 Å². The zero-order valence-corrected chi connectivity index (χ0v) is 24.8. The molecule has 0 spiro atoms. The molecule has 4 heterocycles. The molecule has 1 aliphatic heterocycles. The third kappa shape index (κ3) is 8.09. The first kappa shape index (κ1) is 30.7. The Kier molecular flexibility index (Phi) is 10.7. The molecule has 3 aromatic heterocycles. The van der Waals surface area contributed by atoms with Crippen molar-refractivity contribution in [3.05, 3.63) is 66.5 Å². The molecular formula is C30H37FN6O2S. The fourth-order valence-electron chi connectivity index (χ4n) is 4.02. The van der Waals surface area contributed by atoms with Crippen molar-refractivity contribution in [2.75, 3.05) is 13.1 Å². The topological polar surface area (TPSA) is 88.5 Å². The molecule has 1 saturated heterocycles. The average Bonchev–Trinajstić information content (AvgIpc) is 3.57. The maximum atomic E-state index is 14.1. The summed E-state index contributed by atoms with van der Waals surface area (Å²) in [5.41, 5.74) is 2.58. The van der Waals surface area contributed by atoms with Crippen molar-refractivity contribution in [3.63, 3.8) is 0 Å². The summed E-state index contributed by atoms with van der Waals surface area (Å²) in [5, 5.41) is 17.8. The number of rotatable bonds is 3. The van der Waals surface area contributed by atoms with Gasteiger partial charge in [-0.15, -0.1) is 0 Å². The Labute approximate surface area is 239 Å². The summed E-state index contributed by atoms with van der Waals surface area (Å²) in [5.74, 6) is -0.296. The molecule has 1 fully saturated rings. The molecule has 4 aromatic rings. The summed E-state index contributed by atoms with van der Waals surface area (Å²) < 4.78 is 22.7. The molecule has 1 aliphatic rings. The molecule has 10 heteroatoms. The van der Waals surface area contributed by atoms with Crippen LogP contribution in [0.5, 0.6) is 0 Å². The minimum Gasteiger partial charge on any atom is -0.444 e. The second-order valence-electron chi connectivity index (χ2n) is 10.0. The first-order chi connectivity index (χ1) is 19.1. The highest BCUT2D eigenvalue weighted by atomic mass is 32.2. The quantitative estimate of drug-likeness (QED) is 0.259. The third-order valence-corrected chi connectivity index (χ3v) is 6.88. The highest BCUT2D eigenvalue weighted by Crippen LogP contribution is 2.36. The first-order valence-corrected chi connectivity index (χ1v) is 14.3. The van der Waals surface area contributed by atoms with Gasteiger partial charge in [0.1, 0.15) is 17.5 Å². The van der Waals surface area contributed by atoms with Gasteiger partial charge in [0.2, 0.25) is 0 Å². The lowest BCUT2D eigenvalue weighted by atomic mass is 10.1. The van der Waals surface area contributed by atoms with E-state index in [0.717, 1.165) is 42.0 Å². The molecule has 0 radical (unpaired) electrons. The lowest BCUT2D eigenvalue weighted by molar-refractivity contribution is 0.0216. The van der Waals surface area contributed by atoms with Crippen LogP contribution in [0.2, 0.25) is 0 Å². The van der Waals surface area contributed by atoms with Crippen LogP contribution in [-0.2, 0) is 11.8 Å². The minimum absolute atomic E-state index is 0.160. The molecule has 0 unspecified atom stereocenters. The number of likely N-dealkylation sites (tertiary alicyclic amines) is 1. The number of halogens is 1. The van der Waals surface area contributed by atoms with Crippen molar-refractivity contribution in [1.82, 2.24) is 24.3 Å². The van der Waals surface area contributed by atoms with Crippen LogP contribution < -0.4 is 0 Å². The second kappa shape index (κ2) is 14.0. The van der Waals surface area contributed by atoms with Crippen LogP contribution in [0.4, 0.5) is 9.18 Å². The van der Waals surface area contributed by atoms with Crippen LogP contribution in [0.1, 0.15) is 59.4 Å². The van der Waals surface area contributed by atoms with Gasteiger partial charge in [-0.3, -0.25) is 4.68 Å². The maximum Gasteiger partial charge on any atom is 0.410 e. The van der Waals surface area contributed by atoms with Gasteiger partial charge < -0.3 is 9.64 Å². The lowest BCUT2D eigenvalue weighted by Gasteiger charge is -2.29. The lowest BCUT2D eigenvalue weighted by Crippen LogP contribution is -2.39. The highest BCUT2D eigenvalue weighted by molar-refractivity contribution is 7.99. The molecule has 8 nitrogen and oxygen atoms in total. The number of pyridine rings is 1. The van der Waals surface area contributed by atoms with E-state index in [1.165, 1.54) is 30.4 Å². The van der Waals surface area contributed by atoms with Crippen LogP contribution in [0.15, 0.2) is 64.9 Å². The molecule has 0 saturated carbocycles. The monoisotopic (exact) mass is 564 g/mol. The number of nitrogens with zero attached hydrogens (tertiary/aromatic N) is 6. The van der Waals surface area contributed by atoms with Gasteiger partial charge in [0.15, 0.2) is 0 Å². The summed E-state index contributed by atoms with van der Waals surface area (Å²) in [6, 6.07) is 10.7. The fraction of sp³-hybridized carbons (Fsp3) is 0.400. The number of piperidine rings is 1. The molecule has 5 rings (SSSR count). The Morgan fingerprint density at radius 3 is 2.33 bits per heavy atom. The van der Waals surface area contributed by atoms with E-state index in [1.807, 2.05) is 60.1 Å². The number of benzene rings is 1. The Hall–Kier alpha value is -3.84. The SMILES string of the molecule is CC.CC(C)(C)OC(=O)N1CCCCC1.Cn1cc(-c2cc(Sc3ccccc3F)c3c(C#N)cnn3c2)cn1. The summed E-state index contributed by atoms with van der Waals surface area (Å²) in [6.07, 6.45) is 10.3. The van der Waals surface area contributed by atoms with E-state index < -0.39 is 0 Å². The molecule has 0 atom stereocenters. The smallest absolute Gasteiger partial charge is 0.410 e. The van der Waals surface area contributed by atoms with E-state index in [9.17, 15) is 14.4 Å². The van der Waals surface area contributed by atoms with Crippen LogP contribution in [0.25, 0.3) is 16.6 Å². The summed E-state index contributed by atoms with van der Waals surface area (Å²) in [4.78, 5) is 14.6. The van der Waals surface area contributed by atoms with Gasteiger partial charge in [-0.05, 0) is 58.2 Å². The van der Waals surface area contributed by atoms with Gasteiger partial charge >= 0.3 is 6.09 Å². The number of ether oxygens (including phenoxy) is 1. The summed E-state index contributed by atoms with van der Waals surface area (Å²) in [7, 11) is 1.85. The second-order valence-corrected chi connectivity index (χ2v) is 11.1. The van der Waals surface area contributed by atoms with E-state index in [4.69, 9.17) is 4.74 Å². The maximum absolute atomic E-state index is 14.1.